The summed E-state index contributed by atoms with van der Waals surface area (Å²) in [5, 5.41) is 9.27. The first-order valence-electron chi connectivity index (χ1n) is 9.14. The highest BCUT2D eigenvalue weighted by Gasteiger charge is 2.27. The summed E-state index contributed by atoms with van der Waals surface area (Å²) in [5.41, 5.74) is 2.95. The quantitative estimate of drug-likeness (QED) is 0.772. The summed E-state index contributed by atoms with van der Waals surface area (Å²) < 4.78 is 0. The van der Waals surface area contributed by atoms with Crippen molar-refractivity contribution in [1.82, 2.24) is 14.9 Å². The van der Waals surface area contributed by atoms with Crippen LogP contribution in [0.15, 0.2) is 60.9 Å². The first-order chi connectivity index (χ1) is 13.3. The molecule has 0 radical (unpaired) electrons. The van der Waals surface area contributed by atoms with Crippen molar-refractivity contribution in [3.8, 4) is 17.2 Å². The number of hydrogen-bond donors (Lipinski definition) is 1. The number of nitriles is 1. The predicted molar refractivity (Wildman–Crippen MR) is 103 cm³/mol. The average Bonchev–Trinajstić information content (AvgIpc) is 3.28. The highest BCUT2D eigenvalue weighted by molar-refractivity contribution is 6.01. The van der Waals surface area contributed by atoms with Gasteiger partial charge in [0, 0.05) is 37.0 Å². The molecule has 5 nitrogen and oxygen atoms in total. The van der Waals surface area contributed by atoms with E-state index in [9.17, 15) is 10.1 Å². The third kappa shape index (κ3) is 3.47. The molecular weight excluding hydrogens is 336 g/mol. The number of hydrogen-bond acceptors (Lipinski definition) is 3. The van der Waals surface area contributed by atoms with E-state index in [0.29, 0.717) is 30.1 Å². The van der Waals surface area contributed by atoms with E-state index < -0.39 is 0 Å². The number of carbonyl (C=O) groups excluding carboxylic acids is 1. The van der Waals surface area contributed by atoms with Gasteiger partial charge in [0.15, 0.2) is 0 Å². The largest absolute Gasteiger partial charge is 0.348 e. The Morgan fingerprint density at radius 1 is 1.15 bits per heavy atom. The maximum Gasteiger partial charge on any atom is 0.254 e. The van der Waals surface area contributed by atoms with Crippen LogP contribution in [0.2, 0.25) is 0 Å². The number of likely N-dealkylation sites (tertiary alicyclic amines) is 1. The molecule has 3 aromatic rings. The van der Waals surface area contributed by atoms with Crippen LogP contribution in [0.1, 0.15) is 40.5 Å². The molecule has 2 aromatic carbocycles. The lowest BCUT2D eigenvalue weighted by Crippen LogP contribution is -2.38. The topological polar surface area (TPSA) is 72.8 Å². The zero-order valence-electron chi connectivity index (χ0n) is 14.9. The number of imidazole rings is 1. The van der Waals surface area contributed by atoms with E-state index >= 15 is 0 Å². The van der Waals surface area contributed by atoms with Crippen LogP contribution < -0.4 is 0 Å². The molecular formula is C22H20N4O. The Hall–Kier alpha value is -3.39. The monoisotopic (exact) mass is 356 g/mol. The van der Waals surface area contributed by atoms with Crippen molar-refractivity contribution >= 4 is 5.91 Å². The van der Waals surface area contributed by atoms with E-state index in [1.807, 2.05) is 47.5 Å². The van der Waals surface area contributed by atoms with Gasteiger partial charge < -0.3 is 9.88 Å². The minimum atomic E-state index is -0.0103. The summed E-state index contributed by atoms with van der Waals surface area (Å²) in [6.45, 7) is 1.38. The van der Waals surface area contributed by atoms with Crippen LogP contribution in [0.3, 0.4) is 0 Å². The Balaban J connectivity index is 1.59. The van der Waals surface area contributed by atoms with Crippen molar-refractivity contribution in [2.24, 2.45) is 0 Å². The number of amides is 1. The molecule has 1 amide bonds. The molecule has 0 unspecified atom stereocenters. The molecule has 4 rings (SSSR count). The highest BCUT2D eigenvalue weighted by atomic mass is 16.2. The fourth-order valence-corrected chi connectivity index (χ4v) is 3.69. The Morgan fingerprint density at radius 3 is 2.59 bits per heavy atom. The van der Waals surface area contributed by atoms with Crippen LogP contribution in [0.5, 0.6) is 0 Å². The van der Waals surface area contributed by atoms with Crippen molar-refractivity contribution in [2.45, 2.75) is 18.8 Å². The fraction of sp³-hybridized carbons (Fsp3) is 0.227. The highest BCUT2D eigenvalue weighted by Crippen LogP contribution is 2.29. The zero-order chi connectivity index (χ0) is 18.6. The van der Waals surface area contributed by atoms with E-state index in [1.165, 1.54) is 0 Å². The lowest BCUT2D eigenvalue weighted by molar-refractivity contribution is 0.0712. The number of carbonyl (C=O) groups is 1. The van der Waals surface area contributed by atoms with Gasteiger partial charge in [-0.15, -0.1) is 0 Å². The van der Waals surface area contributed by atoms with E-state index in [4.69, 9.17) is 0 Å². The van der Waals surface area contributed by atoms with E-state index in [2.05, 4.69) is 16.0 Å². The minimum absolute atomic E-state index is 0.0103. The summed E-state index contributed by atoms with van der Waals surface area (Å²) in [4.78, 5) is 22.7. The lowest BCUT2D eigenvalue weighted by atomic mass is 9.93. The second-order valence-electron chi connectivity index (χ2n) is 6.78. The number of rotatable bonds is 3. The Kier molecular flexibility index (Phi) is 4.71. The first kappa shape index (κ1) is 17.0. The number of aromatic amines is 1. The maximum absolute atomic E-state index is 13.2. The third-order valence-corrected chi connectivity index (χ3v) is 5.15. The van der Waals surface area contributed by atoms with Gasteiger partial charge in [0.05, 0.1) is 11.6 Å². The van der Waals surface area contributed by atoms with Gasteiger partial charge in [-0.3, -0.25) is 4.79 Å². The molecule has 1 aromatic heterocycles. The van der Waals surface area contributed by atoms with Gasteiger partial charge in [-0.2, -0.15) is 5.26 Å². The molecule has 1 aliphatic rings. The predicted octanol–water partition coefficient (Wildman–Crippen LogP) is 3.97. The molecule has 1 saturated heterocycles. The van der Waals surface area contributed by atoms with Crippen molar-refractivity contribution < 1.29 is 4.79 Å². The Morgan fingerprint density at radius 2 is 1.93 bits per heavy atom. The van der Waals surface area contributed by atoms with Crippen LogP contribution >= 0.6 is 0 Å². The molecule has 2 heterocycles. The van der Waals surface area contributed by atoms with Crippen LogP contribution in [-0.2, 0) is 0 Å². The van der Waals surface area contributed by atoms with Gasteiger partial charge >= 0.3 is 0 Å². The summed E-state index contributed by atoms with van der Waals surface area (Å²) >= 11 is 0. The van der Waals surface area contributed by atoms with Crippen LogP contribution in [0.4, 0.5) is 0 Å². The van der Waals surface area contributed by atoms with Gasteiger partial charge in [0.25, 0.3) is 5.91 Å². The molecule has 5 heteroatoms. The Labute approximate surface area is 158 Å². The van der Waals surface area contributed by atoms with Crippen LogP contribution in [0, 0.1) is 11.3 Å². The summed E-state index contributed by atoms with van der Waals surface area (Å²) in [6, 6.07) is 17.3. The molecule has 0 bridgehead atoms. The van der Waals surface area contributed by atoms with Crippen molar-refractivity contribution in [2.75, 3.05) is 13.1 Å². The molecule has 1 fully saturated rings. The first-order valence-corrected chi connectivity index (χ1v) is 9.14. The molecule has 0 saturated carbocycles. The van der Waals surface area contributed by atoms with Crippen molar-refractivity contribution in [3.05, 3.63) is 77.9 Å². The van der Waals surface area contributed by atoms with Gasteiger partial charge in [0.2, 0.25) is 0 Å². The number of nitrogens with zero attached hydrogens (tertiary/aromatic N) is 3. The summed E-state index contributed by atoms with van der Waals surface area (Å²) in [6.07, 6.45) is 5.38. The van der Waals surface area contributed by atoms with Crippen LogP contribution in [0.25, 0.3) is 11.1 Å². The molecule has 1 aliphatic heterocycles. The molecule has 0 aliphatic carbocycles. The van der Waals surface area contributed by atoms with Gasteiger partial charge in [-0.05, 0) is 36.1 Å². The second-order valence-corrected chi connectivity index (χ2v) is 6.78. The normalized spacial score (nSPS) is 14.7. The zero-order valence-corrected chi connectivity index (χ0v) is 14.9. The van der Waals surface area contributed by atoms with E-state index in [0.717, 1.165) is 29.8 Å². The Bertz CT molecular complexity index is 965. The van der Waals surface area contributed by atoms with Crippen molar-refractivity contribution in [1.29, 1.82) is 5.26 Å². The standard InChI is InChI=1S/C22H20N4O/c23-15-16-6-7-19(17-4-2-1-3-5-17)20(14-16)22(27)26-12-8-18(9-13-26)21-24-10-11-25-21/h1-7,10-11,14,18H,8-9,12-13H2,(H,24,25). The SMILES string of the molecule is N#Cc1ccc(-c2ccccc2)c(C(=O)N2CCC(c3ncc[nH]3)CC2)c1. The number of H-pyrrole nitrogens is 1. The van der Waals surface area contributed by atoms with Crippen LogP contribution in [-0.4, -0.2) is 33.9 Å². The fourth-order valence-electron chi connectivity index (χ4n) is 3.69. The van der Waals surface area contributed by atoms with Gasteiger partial charge in [0.1, 0.15) is 5.82 Å². The lowest BCUT2D eigenvalue weighted by Gasteiger charge is -2.31. The number of aromatic nitrogens is 2. The molecule has 134 valence electrons. The number of benzene rings is 2. The van der Waals surface area contributed by atoms with E-state index in [1.54, 1.807) is 18.3 Å². The second kappa shape index (κ2) is 7.46. The molecule has 0 atom stereocenters. The van der Waals surface area contributed by atoms with E-state index in [-0.39, 0.29) is 5.91 Å². The molecule has 1 N–H and O–H groups in total. The minimum Gasteiger partial charge on any atom is -0.348 e. The summed E-state index contributed by atoms with van der Waals surface area (Å²) in [7, 11) is 0. The van der Waals surface area contributed by atoms with Gasteiger partial charge in [-0.1, -0.05) is 36.4 Å². The maximum atomic E-state index is 13.2. The number of nitrogens with one attached hydrogen (secondary N) is 1. The number of piperidine rings is 1. The van der Waals surface area contributed by atoms with Gasteiger partial charge in [-0.25, -0.2) is 4.98 Å². The average molecular weight is 356 g/mol. The van der Waals surface area contributed by atoms with Crippen molar-refractivity contribution in [3.63, 3.8) is 0 Å². The third-order valence-electron chi connectivity index (χ3n) is 5.15. The molecule has 27 heavy (non-hydrogen) atoms. The smallest absolute Gasteiger partial charge is 0.254 e. The molecule has 0 spiro atoms. The summed E-state index contributed by atoms with van der Waals surface area (Å²) in [5.74, 6) is 1.35.